The van der Waals surface area contributed by atoms with E-state index >= 15 is 0 Å². The first kappa shape index (κ1) is 13.1. The van der Waals surface area contributed by atoms with E-state index in [1.165, 1.54) is 6.07 Å². The molecule has 0 aromatic heterocycles. The van der Waals surface area contributed by atoms with E-state index in [-0.39, 0.29) is 11.1 Å². The highest BCUT2D eigenvalue weighted by atomic mass is 35.5. The summed E-state index contributed by atoms with van der Waals surface area (Å²) in [4.78, 5) is 2.21. The van der Waals surface area contributed by atoms with Gasteiger partial charge in [0.25, 0.3) is 0 Å². The van der Waals surface area contributed by atoms with Gasteiger partial charge in [0.2, 0.25) is 0 Å². The van der Waals surface area contributed by atoms with Crippen molar-refractivity contribution in [3.8, 4) is 0 Å². The minimum Gasteiger partial charge on any atom is -0.326 e. The summed E-state index contributed by atoms with van der Waals surface area (Å²) in [6.07, 6.45) is 0. The average molecular weight is 277 g/mol. The number of nitrogens with two attached hydrogens (primary N) is 1. The van der Waals surface area contributed by atoms with Gasteiger partial charge in [-0.05, 0) is 17.5 Å². The summed E-state index contributed by atoms with van der Waals surface area (Å²) >= 11 is 11.8. The number of hydrogen-bond donors (Lipinski definition) is 1. The second kappa shape index (κ2) is 5.11. The quantitative estimate of drug-likeness (QED) is 0.842. The zero-order chi connectivity index (χ0) is 12.6. The Balaban J connectivity index is 2.12. The van der Waals surface area contributed by atoms with E-state index < -0.39 is 5.82 Å². The topological polar surface area (TPSA) is 29.3 Å². The molecule has 2 atom stereocenters. The number of nitrogens with zero attached hydrogens (tertiary/aromatic N) is 1. The number of likely N-dealkylation sites (tertiary alicyclic amines) is 1. The molecular formula is C12H15Cl2FN2. The van der Waals surface area contributed by atoms with Gasteiger partial charge in [-0.15, -0.1) is 0 Å². The average Bonchev–Trinajstić information content (AvgIpc) is 2.59. The predicted molar refractivity (Wildman–Crippen MR) is 68.8 cm³/mol. The molecule has 1 aliphatic rings. The van der Waals surface area contributed by atoms with E-state index in [1.807, 2.05) is 0 Å². The molecule has 0 spiro atoms. The molecule has 0 amide bonds. The maximum Gasteiger partial charge on any atom is 0.143 e. The molecule has 1 aliphatic heterocycles. The molecule has 17 heavy (non-hydrogen) atoms. The number of hydrogen-bond acceptors (Lipinski definition) is 2. The van der Waals surface area contributed by atoms with Crippen LogP contribution in [0.5, 0.6) is 0 Å². The fourth-order valence-electron chi connectivity index (χ4n) is 2.15. The third-order valence-electron chi connectivity index (χ3n) is 3.26. The number of benzene rings is 1. The minimum absolute atomic E-state index is 0.000658. The Morgan fingerprint density at radius 1 is 1.35 bits per heavy atom. The van der Waals surface area contributed by atoms with Gasteiger partial charge in [-0.25, -0.2) is 4.39 Å². The van der Waals surface area contributed by atoms with E-state index in [4.69, 9.17) is 28.9 Å². The van der Waals surface area contributed by atoms with Crippen molar-refractivity contribution in [3.63, 3.8) is 0 Å². The molecule has 94 valence electrons. The Labute approximate surface area is 110 Å². The van der Waals surface area contributed by atoms with Crippen LogP contribution in [0.3, 0.4) is 0 Å². The molecule has 0 saturated carbocycles. The molecule has 5 heteroatoms. The van der Waals surface area contributed by atoms with Crippen LogP contribution >= 0.6 is 23.2 Å². The lowest BCUT2D eigenvalue weighted by atomic mass is 10.1. The van der Waals surface area contributed by atoms with Crippen molar-refractivity contribution in [1.29, 1.82) is 0 Å². The molecule has 1 fully saturated rings. The lowest BCUT2D eigenvalue weighted by Gasteiger charge is -2.16. The monoisotopic (exact) mass is 276 g/mol. The fourth-order valence-corrected chi connectivity index (χ4v) is 2.55. The minimum atomic E-state index is -0.480. The maximum atomic E-state index is 13.1. The Bertz CT molecular complexity index is 415. The smallest absolute Gasteiger partial charge is 0.143 e. The molecule has 2 unspecified atom stereocenters. The summed E-state index contributed by atoms with van der Waals surface area (Å²) in [5, 5.41) is 0.306. The summed E-state index contributed by atoms with van der Waals surface area (Å²) in [5.41, 5.74) is 6.80. The third kappa shape index (κ3) is 2.74. The van der Waals surface area contributed by atoms with Crippen molar-refractivity contribution in [3.05, 3.63) is 33.6 Å². The van der Waals surface area contributed by atoms with Crippen LogP contribution < -0.4 is 5.73 Å². The van der Waals surface area contributed by atoms with Crippen molar-refractivity contribution in [2.45, 2.75) is 19.5 Å². The van der Waals surface area contributed by atoms with E-state index in [9.17, 15) is 4.39 Å². The Kier molecular flexibility index (Phi) is 3.93. The predicted octanol–water partition coefficient (Wildman–Crippen LogP) is 2.91. The summed E-state index contributed by atoms with van der Waals surface area (Å²) in [7, 11) is 0. The number of rotatable bonds is 2. The first-order valence-electron chi connectivity index (χ1n) is 5.59. The molecule has 1 saturated heterocycles. The molecule has 2 N–H and O–H groups in total. The van der Waals surface area contributed by atoms with E-state index in [0.29, 0.717) is 17.5 Å². The lowest BCUT2D eigenvalue weighted by molar-refractivity contribution is 0.319. The van der Waals surface area contributed by atoms with E-state index in [2.05, 4.69) is 11.8 Å². The second-order valence-corrected chi connectivity index (χ2v) is 5.43. The summed E-state index contributed by atoms with van der Waals surface area (Å²) in [5.74, 6) is -0.00314. The zero-order valence-corrected chi connectivity index (χ0v) is 11.1. The van der Waals surface area contributed by atoms with Crippen LogP contribution in [0, 0.1) is 11.7 Å². The summed E-state index contributed by atoms with van der Waals surface area (Å²) in [6.45, 7) is 4.57. The second-order valence-electron chi connectivity index (χ2n) is 4.67. The molecule has 0 bridgehead atoms. The van der Waals surface area contributed by atoms with Crippen molar-refractivity contribution >= 4 is 23.2 Å². The van der Waals surface area contributed by atoms with Gasteiger partial charge in [0.1, 0.15) is 5.82 Å². The van der Waals surface area contributed by atoms with Gasteiger partial charge in [0.15, 0.2) is 0 Å². The number of halogens is 3. The molecular weight excluding hydrogens is 262 g/mol. The van der Waals surface area contributed by atoms with Crippen LogP contribution in [-0.2, 0) is 6.54 Å². The summed E-state index contributed by atoms with van der Waals surface area (Å²) < 4.78 is 13.1. The van der Waals surface area contributed by atoms with Gasteiger partial charge in [-0.1, -0.05) is 36.2 Å². The zero-order valence-electron chi connectivity index (χ0n) is 9.59. The Morgan fingerprint density at radius 3 is 2.65 bits per heavy atom. The SMILES string of the molecule is CC1CN(Cc2ccc(F)c(Cl)c2Cl)CC1N. The Morgan fingerprint density at radius 2 is 2.06 bits per heavy atom. The van der Waals surface area contributed by atoms with Crippen LogP contribution in [0.2, 0.25) is 10.0 Å². The first-order chi connectivity index (χ1) is 7.99. The van der Waals surface area contributed by atoms with Crippen LogP contribution in [0.15, 0.2) is 12.1 Å². The van der Waals surface area contributed by atoms with E-state index in [0.717, 1.165) is 18.7 Å². The van der Waals surface area contributed by atoms with Crippen molar-refractivity contribution in [2.24, 2.45) is 11.7 Å². The van der Waals surface area contributed by atoms with Gasteiger partial charge >= 0.3 is 0 Å². The van der Waals surface area contributed by atoms with Crippen LogP contribution in [0.1, 0.15) is 12.5 Å². The van der Waals surface area contributed by atoms with Crippen LogP contribution in [-0.4, -0.2) is 24.0 Å². The largest absolute Gasteiger partial charge is 0.326 e. The molecule has 1 aromatic carbocycles. The van der Waals surface area contributed by atoms with Gasteiger partial charge < -0.3 is 5.73 Å². The highest BCUT2D eigenvalue weighted by Gasteiger charge is 2.27. The first-order valence-corrected chi connectivity index (χ1v) is 6.35. The third-order valence-corrected chi connectivity index (χ3v) is 4.15. The van der Waals surface area contributed by atoms with Gasteiger partial charge in [0, 0.05) is 25.7 Å². The molecule has 0 radical (unpaired) electrons. The van der Waals surface area contributed by atoms with Gasteiger partial charge in [-0.3, -0.25) is 4.90 Å². The van der Waals surface area contributed by atoms with Gasteiger partial charge in [-0.2, -0.15) is 0 Å². The van der Waals surface area contributed by atoms with Crippen molar-refractivity contribution < 1.29 is 4.39 Å². The fraction of sp³-hybridized carbons (Fsp3) is 0.500. The Hall–Kier alpha value is -0.350. The van der Waals surface area contributed by atoms with Crippen LogP contribution in [0.25, 0.3) is 0 Å². The molecule has 2 nitrogen and oxygen atoms in total. The summed E-state index contributed by atoms with van der Waals surface area (Å²) in [6, 6.07) is 3.23. The highest BCUT2D eigenvalue weighted by Crippen LogP contribution is 2.30. The standard InChI is InChI=1S/C12H15Cl2FN2/c1-7-4-17(6-10(7)16)5-8-2-3-9(15)12(14)11(8)13/h2-3,7,10H,4-6,16H2,1H3. The molecule has 1 heterocycles. The highest BCUT2D eigenvalue weighted by molar-refractivity contribution is 6.42. The van der Waals surface area contributed by atoms with E-state index in [1.54, 1.807) is 6.07 Å². The van der Waals surface area contributed by atoms with Gasteiger partial charge in [0.05, 0.1) is 10.0 Å². The molecule has 2 rings (SSSR count). The maximum absolute atomic E-state index is 13.1. The normalized spacial score (nSPS) is 25.5. The van der Waals surface area contributed by atoms with Crippen LogP contribution in [0.4, 0.5) is 4.39 Å². The molecule has 0 aliphatic carbocycles. The van der Waals surface area contributed by atoms with Crippen molar-refractivity contribution in [2.75, 3.05) is 13.1 Å². The lowest BCUT2D eigenvalue weighted by Crippen LogP contribution is -2.28. The molecule has 1 aromatic rings. The van der Waals surface area contributed by atoms with Crippen molar-refractivity contribution in [1.82, 2.24) is 4.90 Å².